The molecule has 92 valence electrons. The zero-order chi connectivity index (χ0) is 12.5. The molecular weight excluding hydrogens is 182 g/mol. The van der Waals surface area contributed by atoms with Crippen molar-refractivity contribution in [2.24, 2.45) is 10.8 Å². The first-order valence-corrected chi connectivity index (χ1v) is 6.15. The van der Waals surface area contributed by atoms with Crippen molar-refractivity contribution in [3.8, 4) is 0 Å². The molecule has 0 rings (SSSR count). The normalized spacial score (nSPS) is 18.0. The largest absolute Gasteiger partial charge is 0.309 e. The first-order valence-electron chi connectivity index (χ1n) is 6.15. The van der Waals surface area contributed by atoms with Gasteiger partial charge in [0.25, 0.3) is 0 Å². The highest BCUT2D eigenvalue weighted by molar-refractivity contribution is 4.97. The van der Waals surface area contributed by atoms with E-state index in [-0.39, 0.29) is 11.0 Å². The minimum absolute atomic E-state index is 0.194. The molecular formula is C14H31N. The predicted molar refractivity (Wildman–Crippen MR) is 70.2 cm³/mol. The fourth-order valence-electron chi connectivity index (χ4n) is 2.23. The lowest BCUT2D eigenvalue weighted by Crippen LogP contribution is -2.56. The second-order valence-corrected chi connectivity index (χ2v) is 7.62. The highest BCUT2D eigenvalue weighted by Gasteiger charge is 2.40. The van der Waals surface area contributed by atoms with Crippen molar-refractivity contribution in [3.63, 3.8) is 0 Å². The molecule has 1 unspecified atom stereocenters. The van der Waals surface area contributed by atoms with Gasteiger partial charge < -0.3 is 5.32 Å². The van der Waals surface area contributed by atoms with Crippen molar-refractivity contribution < 1.29 is 0 Å². The standard InChI is InChI=1S/C14H31N/c1-11(2)15-14(9,13(6,7)8)10-12(3,4)5/h11,15H,10H2,1-9H3. The van der Waals surface area contributed by atoms with Crippen LogP contribution < -0.4 is 5.32 Å². The van der Waals surface area contributed by atoms with Gasteiger partial charge >= 0.3 is 0 Å². The maximum absolute atomic E-state index is 3.75. The van der Waals surface area contributed by atoms with Crippen LogP contribution in [0.1, 0.15) is 68.7 Å². The number of hydrogen-bond donors (Lipinski definition) is 1. The van der Waals surface area contributed by atoms with Gasteiger partial charge in [0.1, 0.15) is 0 Å². The average Bonchev–Trinajstić information content (AvgIpc) is 1.75. The molecule has 0 fully saturated rings. The molecule has 1 atom stereocenters. The van der Waals surface area contributed by atoms with E-state index in [0.29, 0.717) is 11.5 Å². The summed E-state index contributed by atoms with van der Waals surface area (Å²) >= 11 is 0. The minimum Gasteiger partial charge on any atom is -0.309 e. The SMILES string of the molecule is CC(C)NC(C)(CC(C)(C)C)C(C)(C)C. The number of hydrogen-bond acceptors (Lipinski definition) is 1. The lowest BCUT2D eigenvalue weighted by Gasteiger charge is -2.47. The van der Waals surface area contributed by atoms with Crippen LogP contribution in [0.15, 0.2) is 0 Å². The topological polar surface area (TPSA) is 12.0 Å². The molecule has 0 bridgehead atoms. The molecule has 0 amide bonds. The van der Waals surface area contributed by atoms with Crippen LogP contribution in [0.2, 0.25) is 0 Å². The summed E-state index contributed by atoms with van der Waals surface area (Å²) in [5.74, 6) is 0. The predicted octanol–water partition coefficient (Wildman–Crippen LogP) is 4.23. The van der Waals surface area contributed by atoms with Crippen LogP contribution in [-0.4, -0.2) is 11.6 Å². The Hall–Kier alpha value is -0.0400. The number of rotatable bonds is 3. The van der Waals surface area contributed by atoms with Gasteiger partial charge in [-0.1, -0.05) is 55.4 Å². The summed E-state index contributed by atoms with van der Waals surface area (Å²) < 4.78 is 0. The van der Waals surface area contributed by atoms with Crippen LogP contribution in [0, 0.1) is 10.8 Å². The van der Waals surface area contributed by atoms with E-state index < -0.39 is 0 Å². The molecule has 0 saturated carbocycles. The first kappa shape index (κ1) is 15.0. The third-order valence-corrected chi connectivity index (χ3v) is 3.15. The number of nitrogens with one attached hydrogen (secondary N) is 1. The Bertz CT molecular complexity index is 192. The van der Waals surface area contributed by atoms with Crippen molar-refractivity contribution in [2.45, 2.75) is 80.3 Å². The Morgan fingerprint density at radius 2 is 1.27 bits per heavy atom. The zero-order valence-corrected chi connectivity index (χ0v) is 12.3. The molecule has 1 nitrogen and oxygen atoms in total. The van der Waals surface area contributed by atoms with E-state index in [4.69, 9.17) is 0 Å². The summed E-state index contributed by atoms with van der Waals surface area (Å²) in [6.45, 7) is 20.8. The van der Waals surface area contributed by atoms with Gasteiger partial charge in [0.2, 0.25) is 0 Å². The Morgan fingerprint density at radius 1 is 0.867 bits per heavy atom. The minimum atomic E-state index is 0.194. The molecule has 0 aromatic heterocycles. The third-order valence-electron chi connectivity index (χ3n) is 3.15. The fourth-order valence-corrected chi connectivity index (χ4v) is 2.23. The van der Waals surface area contributed by atoms with Gasteiger partial charge in [-0.05, 0) is 24.2 Å². The van der Waals surface area contributed by atoms with Gasteiger partial charge in [-0.25, -0.2) is 0 Å². The van der Waals surface area contributed by atoms with Gasteiger partial charge in [0.15, 0.2) is 0 Å². The van der Waals surface area contributed by atoms with E-state index in [0.717, 1.165) is 0 Å². The summed E-state index contributed by atoms with van der Waals surface area (Å²) in [4.78, 5) is 0. The highest BCUT2D eigenvalue weighted by atomic mass is 15.0. The molecule has 15 heavy (non-hydrogen) atoms. The van der Waals surface area contributed by atoms with Crippen LogP contribution in [0.5, 0.6) is 0 Å². The van der Waals surface area contributed by atoms with Crippen molar-refractivity contribution in [1.29, 1.82) is 0 Å². The smallest absolute Gasteiger partial charge is 0.0208 e. The van der Waals surface area contributed by atoms with Crippen LogP contribution in [0.3, 0.4) is 0 Å². The average molecular weight is 213 g/mol. The third kappa shape index (κ3) is 5.01. The Balaban J connectivity index is 4.88. The second kappa shape index (κ2) is 4.45. The molecule has 0 spiro atoms. The molecule has 0 aliphatic rings. The van der Waals surface area contributed by atoms with Crippen LogP contribution in [-0.2, 0) is 0 Å². The molecule has 0 aromatic carbocycles. The van der Waals surface area contributed by atoms with E-state index in [1.807, 2.05) is 0 Å². The van der Waals surface area contributed by atoms with Gasteiger partial charge in [-0.3, -0.25) is 0 Å². The van der Waals surface area contributed by atoms with Crippen molar-refractivity contribution in [1.82, 2.24) is 5.32 Å². The highest BCUT2D eigenvalue weighted by Crippen LogP contribution is 2.39. The molecule has 0 aliphatic carbocycles. The summed E-state index contributed by atoms with van der Waals surface area (Å²) in [5.41, 5.74) is 0.841. The van der Waals surface area contributed by atoms with E-state index in [1.165, 1.54) is 6.42 Å². The van der Waals surface area contributed by atoms with Gasteiger partial charge in [-0.2, -0.15) is 0 Å². The van der Waals surface area contributed by atoms with Gasteiger partial charge in [0.05, 0.1) is 0 Å². The van der Waals surface area contributed by atoms with Crippen molar-refractivity contribution >= 4 is 0 Å². The summed E-state index contributed by atoms with van der Waals surface area (Å²) in [5, 5.41) is 3.75. The van der Waals surface area contributed by atoms with Crippen molar-refractivity contribution in [3.05, 3.63) is 0 Å². The Morgan fingerprint density at radius 3 is 1.47 bits per heavy atom. The molecule has 0 aliphatic heterocycles. The maximum atomic E-state index is 3.75. The fraction of sp³-hybridized carbons (Fsp3) is 1.00. The lowest BCUT2D eigenvalue weighted by molar-refractivity contribution is 0.0913. The van der Waals surface area contributed by atoms with E-state index >= 15 is 0 Å². The van der Waals surface area contributed by atoms with Gasteiger partial charge in [-0.15, -0.1) is 0 Å². The van der Waals surface area contributed by atoms with E-state index in [1.54, 1.807) is 0 Å². The lowest BCUT2D eigenvalue weighted by atomic mass is 9.67. The molecule has 0 heterocycles. The maximum Gasteiger partial charge on any atom is 0.0208 e. The molecule has 1 N–H and O–H groups in total. The monoisotopic (exact) mass is 213 g/mol. The van der Waals surface area contributed by atoms with Crippen LogP contribution in [0.25, 0.3) is 0 Å². The van der Waals surface area contributed by atoms with Gasteiger partial charge in [0, 0.05) is 11.6 Å². The molecule has 0 saturated heterocycles. The van der Waals surface area contributed by atoms with E-state index in [9.17, 15) is 0 Å². The van der Waals surface area contributed by atoms with E-state index in [2.05, 4.69) is 67.6 Å². The second-order valence-electron chi connectivity index (χ2n) is 7.62. The summed E-state index contributed by atoms with van der Waals surface area (Å²) in [6.07, 6.45) is 1.20. The molecule has 1 heteroatoms. The summed E-state index contributed by atoms with van der Waals surface area (Å²) in [7, 11) is 0. The Labute approximate surface area is 97.0 Å². The van der Waals surface area contributed by atoms with Crippen LogP contribution in [0.4, 0.5) is 0 Å². The molecule has 0 radical (unpaired) electrons. The van der Waals surface area contributed by atoms with Crippen LogP contribution >= 0.6 is 0 Å². The Kier molecular flexibility index (Phi) is 4.44. The zero-order valence-electron chi connectivity index (χ0n) is 12.3. The molecule has 0 aromatic rings. The van der Waals surface area contributed by atoms with Crippen molar-refractivity contribution in [2.75, 3.05) is 0 Å². The first-order chi connectivity index (χ1) is 6.37. The quantitative estimate of drug-likeness (QED) is 0.740. The summed E-state index contributed by atoms with van der Waals surface area (Å²) in [6, 6.07) is 0.538.